The van der Waals surface area contributed by atoms with Crippen LogP contribution in [0.4, 0.5) is 0 Å². The number of benzene rings is 1. The number of aliphatic hydroxyl groups excluding tert-OH is 1. The predicted molar refractivity (Wildman–Crippen MR) is 51.8 cm³/mol. The van der Waals surface area contributed by atoms with Crippen molar-refractivity contribution < 1.29 is 19.7 Å². The van der Waals surface area contributed by atoms with E-state index in [9.17, 15) is 15.0 Å². The molecule has 2 atom stereocenters. The zero-order chi connectivity index (χ0) is 11.1. The van der Waals surface area contributed by atoms with Gasteiger partial charge in [-0.2, -0.15) is 0 Å². The maximum atomic E-state index is 11.5. The molecule has 1 aromatic rings. The van der Waals surface area contributed by atoms with Gasteiger partial charge in [-0.05, 0) is 12.5 Å². The lowest BCUT2D eigenvalue weighted by Crippen LogP contribution is -2.49. The van der Waals surface area contributed by atoms with E-state index in [0.29, 0.717) is 5.56 Å². The molecule has 0 aliphatic carbocycles. The van der Waals surface area contributed by atoms with Crippen LogP contribution in [0.1, 0.15) is 18.1 Å². The highest BCUT2D eigenvalue weighted by molar-refractivity contribution is 5.83. The van der Waals surface area contributed by atoms with Crippen molar-refractivity contribution in [2.24, 2.45) is 0 Å². The summed E-state index contributed by atoms with van der Waals surface area (Å²) in [4.78, 5) is 11.5. The number of carbonyl (C=O) groups excluding carboxylic acids is 1. The van der Waals surface area contributed by atoms with Crippen molar-refractivity contribution in [1.82, 2.24) is 0 Å². The van der Waals surface area contributed by atoms with Crippen molar-refractivity contribution in [3.63, 3.8) is 0 Å². The number of rotatable bonds is 1. The normalized spacial score (nSPS) is 26.7. The lowest BCUT2D eigenvalue weighted by Gasteiger charge is -2.34. The minimum absolute atomic E-state index is 0.143. The molecule has 15 heavy (non-hydrogen) atoms. The van der Waals surface area contributed by atoms with Crippen LogP contribution in [0.25, 0.3) is 0 Å². The first kappa shape index (κ1) is 10.1. The van der Waals surface area contributed by atoms with Crippen molar-refractivity contribution in [1.29, 1.82) is 0 Å². The van der Waals surface area contributed by atoms with E-state index < -0.39 is 17.7 Å². The second kappa shape index (κ2) is 3.32. The molecule has 0 fully saturated rings. The molecule has 0 spiro atoms. The van der Waals surface area contributed by atoms with Crippen LogP contribution >= 0.6 is 0 Å². The summed E-state index contributed by atoms with van der Waals surface area (Å²) in [5.74, 6) is -0.795. The molecule has 4 heteroatoms. The standard InChI is InChI=1S/C11H12O4/c1-7(12)11(14)9-5-3-2-4-8(9)6-15-10(11)13/h2-5,7,12,14H,6H2,1H3/t7-,11+/m1/s1. The first-order valence-electron chi connectivity index (χ1n) is 4.73. The van der Waals surface area contributed by atoms with Gasteiger partial charge in [0.2, 0.25) is 5.60 Å². The minimum Gasteiger partial charge on any atom is -0.458 e. The summed E-state index contributed by atoms with van der Waals surface area (Å²) in [6.45, 7) is 1.51. The number of hydrogen-bond donors (Lipinski definition) is 2. The highest BCUT2D eigenvalue weighted by Gasteiger charge is 2.48. The molecule has 0 radical (unpaired) electrons. The molecular weight excluding hydrogens is 196 g/mol. The number of esters is 1. The third kappa shape index (κ3) is 1.33. The van der Waals surface area contributed by atoms with Gasteiger partial charge in [0.25, 0.3) is 0 Å². The predicted octanol–water partition coefficient (Wildman–Crippen LogP) is 0.312. The first-order valence-corrected chi connectivity index (χ1v) is 4.73. The third-order valence-corrected chi connectivity index (χ3v) is 2.70. The molecule has 0 saturated carbocycles. The fourth-order valence-electron chi connectivity index (χ4n) is 1.78. The molecule has 1 aliphatic rings. The van der Waals surface area contributed by atoms with Crippen molar-refractivity contribution in [3.05, 3.63) is 35.4 Å². The van der Waals surface area contributed by atoms with Crippen LogP contribution < -0.4 is 0 Å². The summed E-state index contributed by atoms with van der Waals surface area (Å²) in [6.07, 6.45) is -1.20. The number of cyclic esters (lactones) is 1. The number of aliphatic hydroxyl groups is 2. The average molecular weight is 208 g/mol. The molecule has 4 nitrogen and oxygen atoms in total. The van der Waals surface area contributed by atoms with Gasteiger partial charge in [-0.15, -0.1) is 0 Å². The van der Waals surface area contributed by atoms with Crippen molar-refractivity contribution in [2.75, 3.05) is 0 Å². The van der Waals surface area contributed by atoms with E-state index in [-0.39, 0.29) is 6.61 Å². The molecule has 2 N–H and O–H groups in total. The van der Waals surface area contributed by atoms with E-state index >= 15 is 0 Å². The van der Waals surface area contributed by atoms with Crippen molar-refractivity contribution >= 4 is 5.97 Å². The zero-order valence-corrected chi connectivity index (χ0v) is 8.30. The molecule has 0 unspecified atom stereocenters. The molecule has 1 aromatic carbocycles. The van der Waals surface area contributed by atoms with Crippen LogP contribution in [0.3, 0.4) is 0 Å². The van der Waals surface area contributed by atoms with Gasteiger partial charge in [0, 0.05) is 5.56 Å². The second-order valence-corrected chi connectivity index (χ2v) is 3.68. The maximum absolute atomic E-state index is 11.5. The average Bonchev–Trinajstić information content (AvgIpc) is 2.23. The van der Waals surface area contributed by atoms with Crippen LogP contribution in [0.15, 0.2) is 24.3 Å². The lowest BCUT2D eigenvalue weighted by atomic mass is 9.84. The van der Waals surface area contributed by atoms with E-state index in [1.165, 1.54) is 6.92 Å². The van der Waals surface area contributed by atoms with Crippen LogP contribution in [-0.4, -0.2) is 22.3 Å². The van der Waals surface area contributed by atoms with Gasteiger partial charge in [0.05, 0.1) is 6.10 Å². The van der Waals surface area contributed by atoms with Crippen LogP contribution in [-0.2, 0) is 21.7 Å². The third-order valence-electron chi connectivity index (χ3n) is 2.70. The highest BCUT2D eigenvalue weighted by Crippen LogP contribution is 2.33. The molecule has 1 heterocycles. The van der Waals surface area contributed by atoms with Gasteiger partial charge in [-0.25, -0.2) is 4.79 Å². The zero-order valence-electron chi connectivity index (χ0n) is 8.30. The molecule has 0 saturated heterocycles. The Balaban J connectivity index is 2.60. The van der Waals surface area contributed by atoms with Crippen molar-refractivity contribution in [2.45, 2.75) is 25.2 Å². The molecule has 2 rings (SSSR count). The Morgan fingerprint density at radius 2 is 2.13 bits per heavy atom. The van der Waals surface area contributed by atoms with Gasteiger partial charge in [0.1, 0.15) is 6.61 Å². The Kier molecular flexibility index (Phi) is 2.25. The van der Waals surface area contributed by atoms with Gasteiger partial charge in [-0.3, -0.25) is 0 Å². The maximum Gasteiger partial charge on any atom is 0.345 e. The number of fused-ring (bicyclic) bond motifs is 1. The summed E-state index contributed by atoms with van der Waals surface area (Å²) in [5.41, 5.74) is -0.786. The SMILES string of the molecule is C[C@@H](O)[C@@]1(O)C(=O)OCc2ccccc21. The van der Waals surface area contributed by atoms with E-state index in [0.717, 1.165) is 5.56 Å². The summed E-state index contributed by atoms with van der Waals surface area (Å²) < 4.78 is 4.83. The first-order chi connectivity index (χ1) is 7.06. The Bertz CT molecular complexity index is 399. The minimum atomic E-state index is -1.94. The Hall–Kier alpha value is -1.39. The fourth-order valence-corrected chi connectivity index (χ4v) is 1.78. The molecule has 0 bridgehead atoms. The second-order valence-electron chi connectivity index (χ2n) is 3.68. The van der Waals surface area contributed by atoms with Gasteiger partial charge in [0.15, 0.2) is 0 Å². The molecule has 0 aromatic heterocycles. The topological polar surface area (TPSA) is 66.8 Å². The van der Waals surface area contributed by atoms with Gasteiger partial charge in [-0.1, -0.05) is 24.3 Å². The van der Waals surface area contributed by atoms with Gasteiger partial charge < -0.3 is 14.9 Å². The van der Waals surface area contributed by atoms with Crippen molar-refractivity contribution in [3.8, 4) is 0 Å². The molecule has 80 valence electrons. The van der Waals surface area contributed by atoms with Gasteiger partial charge >= 0.3 is 5.97 Å². The van der Waals surface area contributed by atoms with E-state index in [2.05, 4.69) is 0 Å². The highest BCUT2D eigenvalue weighted by atomic mass is 16.6. The Morgan fingerprint density at radius 1 is 1.47 bits per heavy atom. The lowest BCUT2D eigenvalue weighted by molar-refractivity contribution is -0.184. The summed E-state index contributed by atoms with van der Waals surface area (Å²) in [6, 6.07) is 6.89. The Labute approximate surface area is 87.1 Å². The fraction of sp³-hybridized carbons (Fsp3) is 0.364. The van der Waals surface area contributed by atoms with Crippen LogP contribution in [0.5, 0.6) is 0 Å². The van der Waals surface area contributed by atoms with E-state index in [1.54, 1.807) is 24.3 Å². The number of ether oxygens (including phenoxy) is 1. The van der Waals surface area contributed by atoms with Crippen LogP contribution in [0.2, 0.25) is 0 Å². The van der Waals surface area contributed by atoms with E-state index in [4.69, 9.17) is 4.74 Å². The van der Waals surface area contributed by atoms with Crippen LogP contribution in [0, 0.1) is 0 Å². The molecule has 1 aliphatic heterocycles. The molecule has 0 amide bonds. The number of carbonyl (C=O) groups is 1. The van der Waals surface area contributed by atoms with E-state index in [1.807, 2.05) is 0 Å². The monoisotopic (exact) mass is 208 g/mol. The largest absolute Gasteiger partial charge is 0.458 e. The summed E-state index contributed by atoms with van der Waals surface area (Å²) in [5, 5.41) is 19.6. The quantitative estimate of drug-likeness (QED) is 0.652. The summed E-state index contributed by atoms with van der Waals surface area (Å²) >= 11 is 0. The molecular formula is C11H12O4. The number of hydrogen-bond acceptors (Lipinski definition) is 4. The smallest absolute Gasteiger partial charge is 0.345 e. The Morgan fingerprint density at radius 3 is 2.80 bits per heavy atom. The summed E-state index contributed by atoms with van der Waals surface area (Å²) in [7, 11) is 0.